The maximum absolute atomic E-state index is 11.8. The summed E-state index contributed by atoms with van der Waals surface area (Å²) in [5.74, 6) is 0.0439. The molecule has 2 N–H and O–H groups in total. The summed E-state index contributed by atoms with van der Waals surface area (Å²) in [6, 6.07) is 0.169. The zero-order valence-electron chi connectivity index (χ0n) is 10.5. The summed E-state index contributed by atoms with van der Waals surface area (Å²) in [6.07, 6.45) is 0. The van der Waals surface area contributed by atoms with Crippen molar-refractivity contribution in [1.29, 1.82) is 0 Å². The van der Waals surface area contributed by atoms with E-state index in [9.17, 15) is 4.79 Å². The molecule has 0 aromatic heterocycles. The Morgan fingerprint density at radius 3 is 1.86 bits per heavy atom. The first kappa shape index (κ1) is 13.4. The Morgan fingerprint density at radius 2 is 1.57 bits per heavy atom. The van der Waals surface area contributed by atoms with E-state index in [4.69, 9.17) is 0 Å². The summed E-state index contributed by atoms with van der Waals surface area (Å²) >= 11 is 0. The minimum atomic E-state index is -0.500. The average molecular weight is 200 g/mol. The van der Waals surface area contributed by atoms with Gasteiger partial charge in [-0.15, -0.1) is 0 Å². The number of rotatable bonds is 3. The average Bonchev–Trinajstić information content (AvgIpc) is 2.02. The van der Waals surface area contributed by atoms with E-state index in [2.05, 4.69) is 31.4 Å². The summed E-state index contributed by atoms with van der Waals surface area (Å²) in [7, 11) is 1.79. The van der Waals surface area contributed by atoms with Crippen molar-refractivity contribution >= 4 is 5.91 Å². The Morgan fingerprint density at radius 1 is 1.14 bits per heavy atom. The number of likely N-dealkylation sites (N-methyl/N-ethyl adjacent to an activating group) is 1. The van der Waals surface area contributed by atoms with Crippen LogP contribution in [0.5, 0.6) is 0 Å². The summed E-state index contributed by atoms with van der Waals surface area (Å²) in [6.45, 7) is 12.1. The van der Waals surface area contributed by atoms with Crippen LogP contribution in [0.15, 0.2) is 0 Å². The largest absolute Gasteiger partial charge is 0.352 e. The maximum atomic E-state index is 11.8. The molecule has 0 fully saturated rings. The van der Waals surface area contributed by atoms with Gasteiger partial charge in [0.2, 0.25) is 5.91 Å². The van der Waals surface area contributed by atoms with Crippen LogP contribution in [0.2, 0.25) is 0 Å². The molecule has 0 radical (unpaired) electrons. The van der Waals surface area contributed by atoms with Crippen molar-refractivity contribution in [2.24, 2.45) is 5.41 Å². The lowest BCUT2D eigenvalue weighted by Crippen LogP contribution is -2.55. The molecule has 0 aliphatic carbocycles. The van der Waals surface area contributed by atoms with Gasteiger partial charge >= 0.3 is 0 Å². The van der Waals surface area contributed by atoms with E-state index in [0.717, 1.165) is 0 Å². The van der Waals surface area contributed by atoms with Gasteiger partial charge in [-0.05, 0) is 33.2 Å². The van der Waals surface area contributed by atoms with Gasteiger partial charge in [0.25, 0.3) is 0 Å². The van der Waals surface area contributed by atoms with Gasteiger partial charge in [0, 0.05) is 6.04 Å². The monoisotopic (exact) mass is 200 g/mol. The molecule has 0 bridgehead atoms. The number of carbonyl (C=O) groups excluding carboxylic acids is 1. The maximum Gasteiger partial charge on any atom is 0.239 e. The molecule has 0 aromatic carbocycles. The molecule has 0 saturated carbocycles. The van der Waals surface area contributed by atoms with Crippen LogP contribution in [-0.2, 0) is 4.79 Å². The van der Waals surface area contributed by atoms with Crippen molar-refractivity contribution in [3.63, 3.8) is 0 Å². The Kier molecular flexibility index (Phi) is 4.13. The van der Waals surface area contributed by atoms with Crippen molar-refractivity contribution in [3.05, 3.63) is 0 Å². The molecule has 0 heterocycles. The third-order valence-corrected chi connectivity index (χ3v) is 2.84. The van der Waals surface area contributed by atoms with E-state index in [1.54, 1.807) is 7.05 Å². The van der Waals surface area contributed by atoms with Gasteiger partial charge in [-0.1, -0.05) is 20.8 Å². The van der Waals surface area contributed by atoms with Crippen molar-refractivity contribution in [1.82, 2.24) is 10.6 Å². The van der Waals surface area contributed by atoms with Crippen LogP contribution in [0.4, 0.5) is 0 Å². The zero-order valence-corrected chi connectivity index (χ0v) is 10.5. The van der Waals surface area contributed by atoms with Crippen LogP contribution in [-0.4, -0.2) is 24.5 Å². The molecule has 84 valence electrons. The highest BCUT2D eigenvalue weighted by Gasteiger charge is 2.29. The fraction of sp³-hybridized carbons (Fsp3) is 0.909. The van der Waals surface area contributed by atoms with E-state index in [1.807, 2.05) is 20.8 Å². The summed E-state index contributed by atoms with van der Waals surface area (Å²) in [5.41, 5.74) is -0.404. The van der Waals surface area contributed by atoms with Gasteiger partial charge < -0.3 is 10.6 Å². The highest BCUT2D eigenvalue weighted by Crippen LogP contribution is 2.19. The molecule has 0 rings (SSSR count). The molecule has 0 aromatic rings. The second-order valence-electron chi connectivity index (χ2n) is 5.44. The third kappa shape index (κ3) is 3.66. The topological polar surface area (TPSA) is 41.1 Å². The standard InChI is InChI=1S/C11H24N2O/c1-8(10(2,3)4)13-9(14)11(5,6)12-7/h8,12H,1-7H3,(H,13,14). The smallest absolute Gasteiger partial charge is 0.239 e. The normalized spacial score (nSPS) is 15.1. The van der Waals surface area contributed by atoms with Crippen molar-refractivity contribution in [3.8, 4) is 0 Å². The highest BCUT2D eigenvalue weighted by atomic mass is 16.2. The lowest BCUT2D eigenvalue weighted by atomic mass is 9.87. The Labute approximate surface area is 87.6 Å². The predicted molar refractivity (Wildman–Crippen MR) is 60.2 cm³/mol. The van der Waals surface area contributed by atoms with E-state index in [-0.39, 0.29) is 17.4 Å². The number of hydrogen-bond donors (Lipinski definition) is 2. The lowest BCUT2D eigenvalue weighted by Gasteiger charge is -2.32. The van der Waals surface area contributed by atoms with Crippen molar-refractivity contribution < 1.29 is 4.79 Å². The highest BCUT2D eigenvalue weighted by molar-refractivity contribution is 5.85. The van der Waals surface area contributed by atoms with Crippen LogP contribution >= 0.6 is 0 Å². The second kappa shape index (κ2) is 4.30. The number of hydrogen-bond acceptors (Lipinski definition) is 2. The van der Waals surface area contributed by atoms with Gasteiger partial charge in [-0.2, -0.15) is 0 Å². The van der Waals surface area contributed by atoms with E-state index < -0.39 is 5.54 Å². The zero-order chi connectivity index (χ0) is 11.6. The van der Waals surface area contributed by atoms with Crippen LogP contribution in [0.3, 0.4) is 0 Å². The molecule has 1 atom stereocenters. The Bertz CT molecular complexity index is 204. The molecule has 1 unspecified atom stereocenters. The van der Waals surface area contributed by atoms with Crippen LogP contribution in [0, 0.1) is 5.41 Å². The first-order chi connectivity index (χ1) is 6.11. The number of carbonyl (C=O) groups is 1. The molecule has 14 heavy (non-hydrogen) atoms. The summed E-state index contributed by atoms with van der Waals surface area (Å²) < 4.78 is 0. The van der Waals surface area contributed by atoms with E-state index in [1.165, 1.54) is 0 Å². The van der Waals surface area contributed by atoms with Gasteiger partial charge in [-0.3, -0.25) is 4.79 Å². The van der Waals surface area contributed by atoms with Gasteiger partial charge in [0.1, 0.15) is 0 Å². The van der Waals surface area contributed by atoms with Crippen LogP contribution < -0.4 is 10.6 Å². The fourth-order valence-electron chi connectivity index (χ4n) is 0.707. The third-order valence-electron chi connectivity index (χ3n) is 2.84. The van der Waals surface area contributed by atoms with E-state index in [0.29, 0.717) is 0 Å². The van der Waals surface area contributed by atoms with Gasteiger partial charge in [-0.25, -0.2) is 0 Å². The quantitative estimate of drug-likeness (QED) is 0.725. The summed E-state index contributed by atoms with van der Waals surface area (Å²) in [4.78, 5) is 11.8. The number of amides is 1. The van der Waals surface area contributed by atoms with Crippen molar-refractivity contribution in [2.75, 3.05) is 7.05 Å². The molecule has 0 aliphatic heterocycles. The molecular weight excluding hydrogens is 176 g/mol. The first-order valence-corrected chi connectivity index (χ1v) is 5.11. The van der Waals surface area contributed by atoms with Crippen LogP contribution in [0.1, 0.15) is 41.5 Å². The van der Waals surface area contributed by atoms with E-state index >= 15 is 0 Å². The predicted octanol–water partition coefficient (Wildman–Crippen LogP) is 1.54. The Hall–Kier alpha value is -0.570. The minimum absolute atomic E-state index is 0.0439. The molecule has 1 amide bonds. The molecule has 0 saturated heterocycles. The van der Waals surface area contributed by atoms with Crippen LogP contribution in [0.25, 0.3) is 0 Å². The molecule has 3 nitrogen and oxygen atoms in total. The SMILES string of the molecule is CNC(C)(C)C(=O)NC(C)C(C)(C)C. The fourth-order valence-corrected chi connectivity index (χ4v) is 0.707. The van der Waals surface area contributed by atoms with Gasteiger partial charge in [0.05, 0.1) is 5.54 Å². The molecule has 0 spiro atoms. The second-order valence-corrected chi connectivity index (χ2v) is 5.44. The van der Waals surface area contributed by atoms with Crippen molar-refractivity contribution in [2.45, 2.75) is 53.1 Å². The van der Waals surface area contributed by atoms with Gasteiger partial charge in [0.15, 0.2) is 0 Å². The molecule has 3 heteroatoms. The minimum Gasteiger partial charge on any atom is -0.352 e. The lowest BCUT2D eigenvalue weighted by molar-refractivity contribution is -0.127. The number of nitrogens with one attached hydrogen (secondary N) is 2. The summed E-state index contributed by atoms with van der Waals surface area (Å²) in [5, 5.41) is 6.00. The Balaban J connectivity index is 4.35. The molecular formula is C11H24N2O. The first-order valence-electron chi connectivity index (χ1n) is 5.11. The molecule has 0 aliphatic rings.